The Labute approximate surface area is 111 Å². The lowest BCUT2D eigenvalue weighted by Gasteiger charge is -2.24. The van der Waals surface area contributed by atoms with E-state index in [-0.39, 0.29) is 19.4 Å². The molecule has 102 valence electrons. The van der Waals surface area contributed by atoms with Gasteiger partial charge >= 0.3 is 0 Å². The van der Waals surface area contributed by atoms with Crippen molar-refractivity contribution in [1.29, 1.82) is 0 Å². The molecule has 1 aromatic rings. The molecule has 5 heteroatoms. The zero-order chi connectivity index (χ0) is 13.6. The highest BCUT2D eigenvalue weighted by Gasteiger charge is 2.30. The molecule has 1 aromatic carbocycles. The molecule has 0 aliphatic carbocycles. The van der Waals surface area contributed by atoms with Gasteiger partial charge in [0.15, 0.2) is 0 Å². The molecule has 0 saturated heterocycles. The van der Waals surface area contributed by atoms with Crippen molar-refractivity contribution >= 4 is 11.6 Å². The molecule has 0 radical (unpaired) electrons. The molecule has 0 spiro atoms. The number of hydrogen-bond acceptors (Lipinski definition) is 2. The Morgan fingerprint density at radius 2 is 2.17 bits per heavy atom. The quantitative estimate of drug-likeness (QED) is 0.831. The van der Waals surface area contributed by atoms with Crippen LogP contribution in [0, 0.1) is 5.82 Å². The molecule has 0 aromatic heterocycles. The highest BCUT2D eigenvalue weighted by atomic mass is 35.5. The molecule has 0 fully saturated rings. The van der Waals surface area contributed by atoms with E-state index in [2.05, 4.69) is 0 Å². The zero-order valence-electron chi connectivity index (χ0n) is 10.4. The van der Waals surface area contributed by atoms with E-state index in [9.17, 15) is 8.78 Å². The molecule has 0 heterocycles. The van der Waals surface area contributed by atoms with Gasteiger partial charge in [0.1, 0.15) is 11.5 Å². The molecule has 0 bridgehead atoms. The molecular formula is C13H18ClF2NO. The zero-order valence-corrected chi connectivity index (χ0v) is 11.1. The van der Waals surface area contributed by atoms with E-state index >= 15 is 0 Å². The van der Waals surface area contributed by atoms with Gasteiger partial charge in [-0.15, -0.1) is 0 Å². The van der Waals surface area contributed by atoms with E-state index in [1.807, 2.05) is 0 Å². The van der Waals surface area contributed by atoms with Crippen LogP contribution in [0.15, 0.2) is 18.2 Å². The van der Waals surface area contributed by atoms with Crippen molar-refractivity contribution in [3.05, 3.63) is 34.6 Å². The van der Waals surface area contributed by atoms with Crippen molar-refractivity contribution in [3.8, 4) is 0 Å². The molecule has 1 unspecified atom stereocenters. The second-order valence-electron chi connectivity index (χ2n) is 4.39. The molecule has 1 atom stereocenters. The van der Waals surface area contributed by atoms with Gasteiger partial charge in [-0.3, -0.25) is 0 Å². The van der Waals surface area contributed by atoms with E-state index in [0.29, 0.717) is 23.6 Å². The third kappa shape index (κ3) is 4.52. The summed E-state index contributed by atoms with van der Waals surface area (Å²) >= 11 is 5.66. The Kier molecular flexibility index (Phi) is 5.99. The van der Waals surface area contributed by atoms with Crippen LogP contribution in [0.1, 0.15) is 18.4 Å². The topological polar surface area (TPSA) is 35.2 Å². The molecule has 0 amide bonds. The maximum Gasteiger partial charge on any atom is 0.138 e. The fourth-order valence-corrected chi connectivity index (χ4v) is 2.05. The Morgan fingerprint density at radius 3 is 2.72 bits per heavy atom. The van der Waals surface area contributed by atoms with E-state index in [1.54, 1.807) is 6.07 Å². The highest BCUT2D eigenvalue weighted by molar-refractivity contribution is 6.30. The first kappa shape index (κ1) is 15.3. The summed E-state index contributed by atoms with van der Waals surface area (Å²) < 4.78 is 33.1. The van der Waals surface area contributed by atoms with Gasteiger partial charge in [-0.25, -0.2) is 8.78 Å². The second-order valence-corrected chi connectivity index (χ2v) is 4.83. The molecule has 2 N–H and O–H groups in total. The van der Waals surface area contributed by atoms with Crippen molar-refractivity contribution < 1.29 is 13.5 Å². The van der Waals surface area contributed by atoms with Crippen LogP contribution in [0.5, 0.6) is 0 Å². The number of methoxy groups -OCH3 is 1. The minimum Gasteiger partial charge on any atom is -0.381 e. The molecule has 2 nitrogen and oxygen atoms in total. The smallest absolute Gasteiger partial charge is 0.138 e. The van der Waals surface area contributed by atoms with E-state index < -0.39 is 11.5 Å². The van der Waals surface area contributed by atoms with E-state index in [1.165, 1.54) is 19.2 Å². The molecule has 0 aliphatic rings. The van der Waals surface area contributed by atoms with Crippen molar-refractivity contribution in [1.82, 2.24) is 0 Å². The van der Waals surface area contributed by atoms with Crippen LogP contribution in [0.3, 0.4) is 0 Å². The van der Waals surface area contributed by atoms with E-state index in [0.717, 1.165) is 0 Å². The van der Waals surface area contributed by atoms with Crippen molar-refractivity contribution in [3.63, 3.8) is 0 Å². The van der Waals surface area contributed by atoms with Crippen LogP contribution >= 0.6 is 11.6 Å². The van der Waals surface area contributed by atoms with Gasteiger partial charge < -0.3 is 10.5 Å². The number of rotatable bonds is 7. The third-order valence-electron chi connectivity index (χ3n) is 2.75. The van der Waals surface area contributed by atoms with Gasteiger partial charge in [0.2, 0.25) is 0 Å². The summed E-state index contributed by atoms with van der Waals surface area (Å²) in [5, 5.41) is 0.300. The van der Waals surface area contributed by atoms with Crippen LogP contribution in [0.2, 0.25) is 5.02 Å². The van der Waals surface area contributed by atoms with Gasteiger partial charge in [0, 0.05) is 18.6 Å². The molecule has 18 heavy (non-hydrogen) atoms. The molecule has 0 saturated carbocycles. The predicted molar refractivity (Wildman–Crippen MR) is 69.1 cm³/mol. The fraction of sp³-hybridized carbons (Fsp3) is 0.538. The van der Waals surface area contributed by atoms with Crippen LogP contribution in [0.25, 0.3) is 0 Å². The lowest BCUT2D eigenvalue weighted by molar-refractivity contribution is 0.0328. The lowest BCUT2D eigenvalue weighted by atomic mass is 9.92. The number of hydrogen-bond donors (Lipinski definition) is 1. The maximum atomic E-state index is 14.6. The van der Waals surface area contributed by atoms with Crippen LogP contribution in [-0.2, 0) is 11.2 Å². The standard InChI is InChI=1S/C13H18ClF2NO/c1-18-9-13(16,5-2-6-17)8-10-3-4-11(14)7-12(10)15/h3-4,7H,2,5-6,8-9,17H2,1H3. The van der Waals surface area contributed by atoms with E-state index in [4.69, 9.17) is 22.1 Å². The number of nitrogens with two attached hydrogens (primary N) is 1. The van der Waals surface area contributed by atoms with Crippen LogP contribution in [-0.4, -0.2) is 25.9 Å². The average molecular weight is 278 g/mol. The fourth-order valence-electron chi connectivity index (χ4n) is 1.90. The summed E-state index contributed by atoms with van der Waals surface area (Å²) in [5.41, 5.74) is 4.08. The van der Waals surface area contributed by atoms with Crippen LogP contribution < -0.4 is 5.73 Å². The predicted octanol–water partition coefficient (Wildman–Crippen LogP) is 3.12. The minimum atomic E-state index is -1.59. The molecule has 0 aliphatic heterocycles. The summed E-state index contributed by atoms with van der Waals surface area (Å²) in [4.78, 5) is 0. The van der Waals surface area contributed by atoms with Gasteiger partial charge in [-0.1, -0.05) is 17.7 Å². The van der Waals surface area contributed by atoms with Crippen molar-refractivity contribution in [2.75, 3.05) is 20.3 Å². The Hall–Kier alpha value is -0.710. The maximum absolute atomic E-state index is 14.6. The average Bonchev–Trinajstić information content (AvgIpc) is 2.31. The monoisotopic (exact) mass is 277 g/mol. The van der Waals surface area contributed by atoms with Gasteiger partial charge in [0.05, 0.1) is 6.61 Å². The summed E-state index contributed by atoms with van der Waals surface area (Å²) in [6, 6.07) is 4.24. The minimum absolute atomic E-state index is 0.0379. The largest absolute Gasteiger partial charge is 0.381 e. The molecular weight excluding hydrogens is 260 g/mol. The summed E-state index contributed by atoms with van der Waals surface area (Å²) in [7, 11) is 1.43. The Morgan fingerprint density at radius 1 is 1.44 bits per heavy atom. The summed E-state index contributed by atoms with van der Waals surface area (Å²) in [6.45, 7) is 0.327. The third-order valence-corrected chi connectivity index (χ3v) is 2.99. The Bertz CT molecular complexity index is 389. The number of alkyl halides is 1. The van der Waals surface area contributed by atoms with Gasteiger partial charge in [-0.2, -0.15) is 0 Å². The highest BCUT2D eigenvalue weighted by Crippen LogP contribution is 2.26. The number of halogens is 3. The normalized spacial score (nSPS) is 14.5. The van der Waals surface area contributed by atoms with Crippen LogP contribution in [0.4, 0.5) is 8.78 Å². The molecule has 1 rings (SSSR count). The number of benzene rings is 1. The first-order valence-corrected chi connectivity index (χ1v) is 6.20. The lowest BCUT2D eigenvalue weighted by Crippen LogP contribution is -2.32. The van der Waals surface area contributed by atoms with Crippen molar-refractivity contribution in [2.24, 2.45) is 5.73 Å². The van der Waals surface area contributed by atoms with Gasteiger partial charge in [-0.05, 0) is 37.1 Å². The summed E-state index contributed by atoms with van der Waals surface area (Å²) in [6.07, 6.45) is 0.748. The second kappa shape index (κ2) is 7.02. The first-order valence-electron chi connectivity index (χ1n) is 5.82. The Balaban J connectivity index is 2.81. The van der Waals surface area contributed by atoms with Crippen molar-refractivity contribution in [2.45, 2.75) is 24.9 Å². The van der Waals surface area contributed by atoms with Gasteiger partial charge in [0.25, 0.3) is 0 Å². The number of ether oxygens (including phenoxy) is 1. The summed E-state index contributed by atoms with van der Waals surface area (Å²) in [5.74, 6) is -0.492. The first-order chi connectivity index (χ1) is 8.50. The SMILES string of the molecule is COCC(F)(CCCN)Cc1ccc(Cl)cc1F.